The first-order valence-corrected chi connectivity index (χ1v) is 7.94. The summed E-state index contributed by atoms with van der Waals surface area (Å²) in [5.41, 5.74) is 0.650. The quantitative estimate of drug-likeness (QED) is 0.783. The Morgan fingerprint density at radius 3 is 2.29 bits per heavy atom. The molecule has 1 aliphatic rings. The largest absolute Gasteiger partial charge is 0.498 e. The molecular formula is C16H29BN2O2. The maximum atomic E-state index is 6.07. The van der Waals surface area contributed by atoms with E-state index in [9.17, 15) is 0 Å². The Kier molecular flexibility index (Phi) is 4.29. The zero-order valence-electron chi connectivity index (χ0n) is 14.6. The van der Waals surface area contributed by atoms with Gasteiger partial charge in [0.2, 0.25) is 0 Å². The van der Waals surface area contributed by atoms with E-state index in [1.54, 1.807) is 0 Å². The molecule has 1 fully saturated rings. The summed E-state index contributed by atoms with van der Waals surface area (Å²) < 4.78 is 14.1. The van der Waals surface area contributed by atoms with Crippen molar-refractivity contribution in [1.82, 2.24) is 9.78 Å². The monoisotopic (exact) mass is 292 g/mol. The Morgan fingerprint density at radius 2 is 1.76 bits per heavy atom. The van der Waals surface area contributed by atoms with Gasteiger partial charge < -0.3 is 9.31 Å². The fourth-order valence-corrected chi connectivity index (χ4v) is 2.76. The first-order valence-electron chi connectivity index (χ1n) is 7.94. The van der Waals surface area contributed by atoms with Crippen molar-refractivity contribution in [1.29, 1.82) is 0 Å². The number of hydrogen-bond donors (Lipinski definition) is 0. The molecule has 0 unspecified atom stereocenters. The highest BCUT2D eigenvalue weighted by molar-refractivity contribution is 6.61. The zero-order valence-corrected chi connectivity index (χ0v) is 14.6. The van der Waals surface area contributed by atoms with Crippen molar-refractivity contribution in [2.45, 2.75) is 79.1 Å². The van der Waals surface area contributed by atoms with Crippen molar-refractivity contribution < 1.29 is 9.31 Å². The smallest absolute Gasteiger partial charge is 0.399 e. The molecular weight excluding hydrogens is 263 g/mol. The highest BCUT2D eigenvalue weighted by Crippen LogP contribution is 2.36. The molecule has 21 heavy (non-hydrogen) atoms. The van der Waals surface area contributed by atoms with E-state index in [0.29, 0.717) is 0 Å². The first kappa shape index (κ1) is 16.6. The van der Waals surface area contributed by atoms with E-state index in [4.69, 9.17) is 9.31 Å². The molecule has 5 heteroatoms. The van der Waals surface area contributed by atoms with Gasteiger partial charge in [0, 0.05) is 24.4 Å². The number of nitrogens with zero attached hydrogens (tertiary/aromatic N) is 2. The van der Waals surface area contributed by atoms with Crippen LogP contribution in [0.15, 0.2) is 12.4 Å². The Bertz CT molecular complexity index is 478. The van der Waals surface area contributed by atoms with Crippen LogP contribution in [0.4, 0.5) is 0 Å². The average molecular weight is 292 g/mol. The molecule has 0 amide bonds. The molecule has 0 aliphatic carbocycles. The molecule has 1 aliphatic heterocycles. The van der Waals surface area contributed by atoms with Crippen LogP contribution in [0.5, 0.6) is 0 Å². The Morgan fingerprint density at radius 1 is 1.19 bits per heavy atom. The van der Waals surface area contributed by atoms with Gasteiger partial charge >= 0.3 is 7.12 Å². The van der Waals surface area contributed by atoms with E-state index in [0.717, 1.165) is 12.0 Å². The summed E-state index contributed by atoms with van der Waals surface area (Å²) in [6.07, 6.45) is 6.31. The lowest BCUT2D eigenvalue weighted by molar-refractivity contribution is 0.00578. The topological polar surface area (TPSA) is 36.3 Å². The second-order valence-corrected chi connectivity index (χ2v) is 7.97. The second-order valence-electron chi connectivity index (χ2n) is 7.97. The summed E-state index contributed by atoms with van der Waals surface area (Å²) in [6, 6.07) is 0. The van der Waals surface area contributed by atoms with Gasteiger partial charge in [-0.15, -0.1) is 0 Å². The molecule has 2 heterocycles. The minimum atomic E-state index is -0.321. The number of rotatable bonds is 5. The lowest BCUT2D eigenvalue weighted by Gasteiger charge is -2.32. The molecule has 0 bridgehead atoms. The fraction of sp³-hybridized carbons (Fsp3) is 0.812. The Labute approximate surface area is 129 Å². The molecule has 0 atom stereocenters. The van der Waals surface area contributed by atoms with E-state index in [-0.39, 0.29) is 23.7 Å². The van der Waals surface area contributed by atoms with Gasteiger partial charge in [-0.3, -0.25) is 4.68 Å². The van der Waals surface area contributed by atoms with E-state index in [1.807, 2.05) is 10.9 Å². The van der Waals surface area contributed by atoms with E-state index < -0.39 is 0 Å². The van der Waals surface area contributed by atoms with Crippen LogP contribution in [0.3, 0.4) is 0 Å². The van der Waals surface area contributed by atoms with Crippen LogP contribution in [-0.4, -0.2) is 28.1 Å². The van der Waals surface area contributed by atoms with Gasteiger partial charge in [0.05, 0.1) is 11.2 Å². The maximum absolute atomic E-state index is 6.07. The lowest BCUT2D eigenvalue weighted by atomic mass is 9.82. The fourth-order valence-electron chi connectivity index (χ4n) is 2.76. The molecule has 1 saturated heterocycles. The summed E-state index contributed by atoms with van der Waals surface area (Å²) in [5.74, 6) is 0. The summed E-state index contributed by atoms with van der Waals surface area (Å²) in [7, 11) is -0.321. The van der Waals surface area contributed by atoms with Gasteiger partial charge in [0.25, 0.3) is 0 Å². The summed E-state index contributed by atoms with van der Waals surface area (Å²) in [4.78, 5) is 0. The molecule has 0 spiro atoms. The van der Waals surface area contributed by atoms with Crippen molar-refractivity contribution in [3.8, 4) is 0 Å². The van der Waals surface area contributed by atoms with Crippen LogP contribution < -0.4 is 5.46 Å². The van der Waals surface area contributed by atoms with Crippen LogP contribution in [0.25, 0.3) is 0 Å². The molecule has 1 aromatic rings. The number of hydrogen-bond acceptors (Lipinski definition) is 3. The second kappa shape index (κ2) is 5.43. The van der Waals surface area contributed by atoms with Crippen LogP contribution in [0.2, 0.25) is 0 Å². The minimum absolute atomic E-state index is 0.258. The van der Waals surface area contributed by atoms with Crippen LogP contribution in [0.1, 0.15) is 61.3 Å². The van der Waals surface area contributed by atoms with Gasteiger partial charge in [0.1, 0.15) is 0 Å². The predicted molar refractivity (Wildman–Crippen MR) is 86.6 cm³/mol. The lowest BCUT2D eigenvalue weighted by Crippen LogP contribution is -2.41. The summed E-state index contributed by atoms with van der Waals surface area (Å²) in [5, 5.41) is 4.48. The third-order valence-electron chi connectivity index (χ3n) is 4.70. The van der Waals surface area contributed by atoms with E-state index in [1.165, 1.54) is 12.8 Å². The van der Waals surface area contributed by atoms with Gasteiger partial charge in [0.15, 0.2) is 0 Å². The summed E-state index contributed by atoms with van der Waals surface area (Å²) >= 11 is 0. The van der Waals surface area contributed by atoms with Crippen molar-refractivity contribution in [2.24, 2.45) is 5.41 Å². The van der Waals surface area contributed by atoms with Gasteiger partial charge in [-0.2, -0.15) is 5.10 Å². The molecule has 0 N–H and O–H groups in total. The Hall–Kier alpha value is -0.805. The molecule has 0 aromatic carbocycles. The van der Waals surface area contributed by atoms with E-state index in [2.05, 4.69) is 59.8 Å². The summed E-state index contributed by atoms with van der Waals surface area (Å²) in [6.45, 7) is 16.0. The van der Waals surface area contributed by atoms with Crippen LogP contribution >= 0.6 is 0 Å². The SMILES string of the molecule is CCCC(C)(C)Cn1cc(B2OC(C)(C)C(C)(C)O2)cn1. The van der Waals surface area contributed by atoms with Crippen molar-refractivity contribution >= 4 is 12.6 Å². The number of aromatic nitrogens is 2. The normalized spacial score (nSPS) is 21.0. The molecule has 2 rings (SSSR count). The molecule has 118 valence electrons. The van der Waals surface area contributed by atoms with Crippen molar-refractivity contribution in [3.05, 3.63) is 12.4 Å². The predicted octanol–water partition coefficient (Wildman–Crippen LogP) is 3.01. The van der Waals surface area contributed by atoms with Gasteiger partial charge in [-0.05, 0) is 39.5 Å². The minimum Gasteiger partial charge on any atom is -0.399 e. The third kappa shape index (κ3) is 3.51. The van der Waals surface area contributed by atoms with Gasteiger partial charge in [-0.1, -0.05) is 27.2 Å². The third-order valence-corrected chi connectivity index (χ3v) is 4.70. The van der Waals surface area contributed by atoms with E-state index >= 15 is 0 Å². The molecule has 1 aromatic heterocycles. The average Bonchev–Trinajstić information content (AvgIpc) is 2.81. The highest BCUT2D eigenvalue weighted by Gasteiger charge is 2.52. The zero-order chi connectivity index (χ0) is 15.9. The Balaban J connectivity index is 2.08. The van der Waals surface area contributed by atoms with Gasteiger partial charge in [-0.25, -0.2) is 0 Å². The standard InChI is InChI=1S/C16H29BN2O2/c1-8-9-14(2,3)12-19-11-13(10-18-19)17-20-15(4,5)16(6,7)21-17/h10-11H,8-9,12H2,1-7H3. The molecule has 0 radical (unpaired) electrons. The van der Waals surface area contributed by atoms with Crippen molar-refractivity contribution in [2.75, 3.05) is 0 Å². The maximum Gasteiger partial charge on any atom is 0.498 e. The van der Waals surface area contributed by atoms with Crippen molar-refractivity contribution in [3.63, 3.8) is 0 Å². The van der Waals surface area contributed by atoms with Crippen LogP contribution in [-0.2, 0) is 15.9 Å². The first-order chi connectivity index (χ1) is 9.56. The molecule has 0 saturated carbocycles. The highest BCUT2D eigenvalue weighted by atomic mass is 16.7. The van der Waals surface area contributed by atoms with Crippen LogP contribution in [0, 0.1) is 5.41 Å². The molecule has 4 nitrogen and oxygen atoms in total.